The number of nitrogens with one attached hydrogen (secondary N) is 1. The van der Waals surface area contributed by atoms with Gasteiger partial charge in [-0.1, -0.05) is 18.2 Å². The minimum Gasteiger partial charge on any atom is -0.332 e. The van der Waals surface area contributed by atoms with Gasteiger partial charge in [-0.2, -0.15) is 4.31 Å². The lowest BCUT2D eigenvalue weighted by Gasteiger charge is -2.15. The van der Waals surface area contributed by atoms with Crippen LogP contribution in [-0.2, 0) is 10.0 Å². The second kappa shape index (κ2) is 8.95. The van der Waals surface area contributed by atoms with Crippen LogP contribution in [0.5, 0.6) is 0 Å². The van der Waals surface area contributed by atoms with Gasteiger partial charge in [0.25, 0.3) is 0 Å². The molecular formula is C21H24BrN3O2S2. The summed E-state index contributed by atoms with van der Waals surface area (Å²) in [6.07, 6.45) is 1.87. The highest BCUT2D eigenvalue weighted by molar-refractivity contribution is 8.93. The molecule has 0 radical (unpaired) electrons. The number of nitrogens with zero attached hydrogens (tertiary/aromatic N) is 2. The summed E-state index contributed by atoms with van der Waals surface area (Å²) in [6, 6.07) is 13.3. The molecule has 0 amide bonds. The summed E-state index contributed by atoms with van der Waals surface area (Å²) >= 11 is 1.53. The number of thiazole rings is 1. The average molecular weight is 494 g/mol. The predicted octanol–water partition coefficient (Wildman–Crippen LogP) is 5.53. The SMILES string of the molecule is Br.Cc1cc(C)cc(Nc2nc(-c3ccc(S(=O)(=O)N4CCCC4)cc3)cs2)c1. The van der Waals surface area contributed by atoms with E-state index in [1.54, 1.807) is 16.4 Å². The maximum Gasteiger partial charge on any atom is 0.243 e. The molecule has 0 unspecified atom stereocenters. The minimum absolute atomic E-state index is 0. The first-order valence-electron chi connectivity index (χ1n) is 9.33. The first-order chi connectivity index (χ1) is 13.4. The second-order valence-corrected chi connectivity index (χ2v) is 9.97. The maximum atomic E-state index is 12.6. The zero-order chi connectivity index (χ0) is 19.7. The average Bonchev–Trinajstić information content (AvgIpc) is 3.33. The number of anilines is 2. The molecule has 1 N–H and O–H groups in total. The van der Waals surface area contributed by atoms with Crippen molar-refractivity contribution in [2.24, 2.45) is 0 Å². The normalized spacial score (nSPS) is 14.6. The van der Waals surface area contributed by atoms with E-state index in [4.69, 9.17) is 0 Å². The summed E-state index contributed by atoms with van der Waals surface area (Å²) in [7, 11) is -3.38. The van der Waals surface area contributed by atoms with Crippen LogP contribution in [0.1, 0.15) is 24.0 Å². The lowest BCUT2D eigenvalue weighted by molar-refractivity contribution is 0.477. The van der Waals surface area contributed by atoms with Gasteiger partial charge in [0.2, 0.25) is 10.0 Å². The minimum atomic E-state index is -3.38. The Kier molecular flexibility index (Phi) is 6.78. The van der Waals surface area contributed by atoms with Crippen molar-refractivity contribution in [2.75, 3.05) is 18.4 Å². The van der Waals surface area contributed by atoms with Gasteiger partial charge >= 0.3 is 0 Å². The van der Waals surface area contributed by atoms with E-state index in [0.717, 1.165) is 34.9 Å². The largest absolute Gasteiger partial charge is 0.332 e. The first-order valence-corrected chi connectivity index (χ1v) is 11.7. The zero-order valence-electron chi connectivity index (χ0n) is 16.4. The Hall–Kier alpha value is -1.74. The Labute approximate surface area is 186 Å². The van der Waals surface area contributed by atoms with Crippen LogP contribution in [0.3, 0.4) is 0 Å². The molecule has 8 heteroatoms. The lowest BCUT2D eigenvalue weighted by atomic mass is 10.1. The van der Waals surface area contributed by atoms with Crippen molar-refractivity contribution in [1.29, 1.82) is 0 Å². The fourth-order valence-electron chi connectivity index (χ4n) is 3.51. The zero-order valence-corrected chi connectivity index (χ0v) is 19.7. The Morgan fingerprint density at radius 1 is 1.00 bits per heavy atom. The third-order valence-corrected chi connectivity index (χ3v) is 7.50. The maximum absolute atomic E-state index is 12.6. The number of halogens is 1. The molecule has 0 bridgehead atoms. The van der Waals surface area contributed by atoms with Crippen molar-refractivity contribution < 1.29 is 8.42 Å². The van der Waals surface area contributed by atoms with Crippen molar-refractivity contribution >= 4 is 49.2 Å². The Bertz CT molecular complexity index is 1070. The molecule has 0 aliphatic carbocycles. The third-order valence-electron chi connectivity index (χ3n) is 4.83. The fourth-order valence-corrected chi connectivity index (χ4v) is 5.77. The van der Waals surface area contributed by atoms with E-state index < -0.39 is 10.0 Å². The number of benzene rings is 2. The molecule has 1 aliphatic heterocycles. The van der Waals surface area contributed by atoms with Crippen LogP contribution in [0.4, 0.5) is 10.8 Å². The van der Waals surface area contributed by atoms with Crippen LogP contribution in [0.2, 0.25) is 0 Å². The van der Waals surface area contributed by atoms with Crippen LogP contribution in [-0.4, -0.2) is 30.8 Å². The topological polar surface area (TPSA) is 62.3 Å². The van der Waals surface area contributed by atoms with E-state index in [9.17, 15) is 8.42 Å². The highest BCUT2D eigenvalue weighted by Gasteiger charge is 2.27. The van der Waals surface area contributed by atoms with Crippen molar-refractivity contribution in [1.82, 2.24) is 9.29 Å². The van der Waals surface area contributed by atoms with Crippen LogP contribution in [0, 0.1) is 13.8 Å². The quantitative estimate of drug-likeness (QED) is 0.507. The van der Waals surface area contributed by atoms with Gasteiger partial charge in [-0.25, -0.2) is 13.4 Å². The summed E-state index contributed by atoms with van der Waals surface area (Å²) in [6.45, 7) is 5.37. The molecule has 5 nitrogen and oxygen atoms in total. The molecule has 0 spiro atoms. The number of sulfonamides is 1. The lowest BCUT2D eigenvalue weighted by Crippen LogP contribution is -2.27. The van der Waals surface area contributed by atoms with E-state index in [-0.39, 0.29) is 17.0 Å². The summed E-state index contributed by atoms with van der Waals surface area (Å²) in [5.41, 5.74) is 5.17. The molecule has 4 rings (SSSR count). The summed E-state index contributed by atoms with van der Waals surface area (Å²) in [4.78, 5) is 5.00. The van der Waals surface area contributed by atoms with Crippen LogP contribution >= 0.6 is 28.3 Å². The Balaban J connectivity index is 0.00000240. The fraction of sp³-hybridized carbons (Fsp3) is 0.286. The molecule has 0 saturated carbocycles. The highest BCUT2D eigenvalue weighted by Crippen LogP contribution is 2.29. The van der Waals surface area contributed by atoms with Crippen LogP contribution in [0.25, 0.3) is 11.3 Å². The summed E-state index contributed by atoms with van der Waals surface area (Å²) < 4.78 is 26.9. The number of aromatic nitrogens is 1. The van der Waals surface area contributed by atoms with Crippen LogP contribution in [0.15, 0.2) is 52.7 Å². The van der Waals surface area contributed by atoms with Crippen molar-refractivity contribution in [3.8, 4) is 11.3 Å². The third kappa shape index (κ3) is 4.88. The van der Waals surface area contributed by atoms with E-state index in [2.05, 4.69) is 42.3 Å². The van der Waals surface area contributed by atoms with Crippen molar-refractivity contribution in [2.45, 2.75) is 31.6 Å². The highest BCUT2D eigenvalue weighted by atomic mass is 79.9. The number of rotatable bonds is 5. The van der Waals surface area contributed by atoms with Gasteiger partial charge < -0.3 is 5.32 Å². The van der Waals surface area contributed by atoms with Gasteiger partial charge in [0.1, 0.15) is 0 Å². The van der Waals surface area contributed by atoms with Gasteiger partial charge in [-0.15, -0.1) is 28.3 Å². The second-order valence-electron chi connectivity index (χ2n) is 7.17. The monoisotopic (exact) mass is 493 g/mol. The summed E-state index contributed by atoms with van der Waals surface area (Å²) in [5.74, 6) is 0. The molecule has 2 aromatic carbocycles. The molecule has 1 aliphatic rings. The molecule has 154 valence electrons. The van der Waals surface area contributed by atoms with Crippen LogP contribution < -0.4 is 5.32 Å². The molecule has 1 fully saturated rings. The molecule has 29 heavy (non-hydrogen) atoms. The molecule has 1 saturated heterocycles. The molecule has 1 aromatic heterocycles. The summed E-state index contributed by atoms with van der Waals surface area (Å²) in [5, 5.41) is 6.15. The predicted molar refractivity (Wildman–Crippen MR) is 125 cm³/mol. The standard InChI is InChI=1S/C21H23N3O2S2.BrH/c1-15-11-16(2)13-18(12-15)22-21-23-20(14-27-21)17-5-7-19(8-6-17)28(25,26)24-9-3-4-10-24;/h5-8,11-14H,3-4,9-10H2,1-2H3,(H,22,23);1H. The smallest absolute Gasteiger partial charge is 0.243 e. The van der Waals surface area contributed by atoms with Crippen molar-refractivity contribution in [3.63, 3.8) is 0 Å². The van der Waals surface area contributed by atoms with Gasteiger partial charge in [-0.05, 0) is 62.1 Å². The molecule has 3 aromatic rings. The van der Waals surface area contributed by atoms with Gasteiger partial charge in [0.15, 0.2) is 5.13 Å². The Morgan fingerprint density at radius 3 is 2.24 bits per heavy atom. The number of hydrogen-bond donors (Lipinski definition) is 1. The van der Waals surface area contributed by atoms with E-state index in [1.807, 2.05) is 17.5 Å². The van der Waals surface area contributed by atoms with E-state index >= 15 is 0 Å². The van der Waals surface area contributed by atoms with E-state index in [1.165, 1.54) is 22.5 Å². The van der Waals surface area contributed by atoms with Gasteiger partial charge in [0.05, 0.1) is 10.6 Å². The number of aryl methyl sites for hydroxylation is 2. The first kappa shape index (κ1) is 22.0. The van der Waals surface area contributed by atoms with Gasteiger partial charge in [-0.3, -0.25) is 0 Å². The van der Waals surface area contributed by atoms with Gasteiger partial charge in [0, 0.05) is 29.7 Å². The van der Waals surface area contributed by atoms with E-state index in [0.29, 0.717) is 18.0 Å². The van der Waals surface area contributed by atoms with Crippen molar-refractivity contribution in [3.05, 3.63) is 59.0 Å². The number of hydrogen-bond acceptors (Lipinski definition) is 5. The Morgan fingerprint density at radius 2 is 1.62 bits per heavy atom. The molecular weight excluding hydrogens is 470 g/mol. The molecule has 0 atom stereocenters. The molecule has 2 heterocycles.